The molecule has 0 bridgehead atoms. The SMILES string of the molecule is Cn1nc(C(F)F)cc1C(=O)N1CCCN(C(=O)c2ccco2)CC1. The van der Waals surface area contributed by atoms with Gasteiger partial charge in [0.25, 0.3) is 18.2 Å². The number of carbonyl (C=O) groups is 2. The molecule has 3 rings (SSSR count). The second kappa shape index (κ2) is 7.04. The number of alkyl halides is 2. The Hall–Kier alpha value is -2.71. The molecule has 7 nitrogen and oxygen atoms in total. The molecule has 0 N–H and O–H groups in total. The van der Waals surface area contributed by atoms with Gasteiger partial charge in [0.05, 0.1) is 6.26 Å². The summed E-state index contributed by atoms with van der Waals surface area (Å²) in [5.74, 6) is -0.331. The maximum Gasteiger partial charge on any atom is 0.289 e. The van der Waals surface area contributed by atoms with Crippen molar-refractivity contribution in [1.82, 2.24) is 19.6 Å². The zero-order chi connectivity index (χ0) is 18.0. The molecule has 0 atom stereocenters. The number of carbonyl (C=O) groups excluding carboxylic acids is 2. The summed E-state index contributed by atoms with van der Waals surface area (Å²) < 4.78 is 31.8. The van der Waals surface area contributed by atoms with Gasteiger partial charge in [-0.15, -0.1) is 0 Å². The number of hydrogen-bond donors (Lipinski definition) is 0. The maximum absolute atomic E-state index is 12.8. The lowest BCUT2D eigenvalue weighted by molar-refractivity contribution is 0.0696. The van der Waals surface area contributed by atoms with Gasteiger partial charge in [0.2, 0.25) is 0 Å². The van der Waals surface area contributed by atoms with Crippen LogP contribution in [0.2, 0.25) is 0 Å². The molecule has 1 saturated heterocycles. The topological polar surface area (TPSA) is 71.6 Å². The molecule has 2 aromatic rings. The normalized spacial score (nSPS) is 15.5. The van der Waals surface area contributed by atoms with Crippen LogP contribution in [0, 0.1) is 0 Å². The summed E-state index contributed by atoms with van der Waals surface area (Å²) in [6.45, 7) is 1.61. The molecule has 2 aromatic heterocycles. The minimum Gasteiger partial charge on any atom is -0.459 e. The average Bonchev–Trinajstić information content (AvgIpc) is 3.18. The van der Waals surface area contributed by atoms with Crippen LogP contribution in [-0.2, 0) is 7.05 Å². The molecule has 1 fully saturated rings. The molecule has 0 aromatic carbocycles. The highest BCUT2D eigenvalue weighted by Crippen LogP contribution is 2.19. The molecule has 1 aliphatic rings. The molecule has 0 aliphatic carbocycles. The summed E-state index contributed by atoms with van der Waals surface area (Å²) in [4.78, 5) is 28.1. The standard InChI is InChI=1S/C16H18F2N4O3/c1-20-12(10-11(19-20)14(17)18)15(23)21-5-3-6-22(8-7-21)16(24)13-4-2-9-25-13/h2,4,9-10,14H,3,5-8H2,1H3. The van der Waals surface area contributed by atoms with Crippen LogP contribution in [0.4, 0.5) is 8.78 Å². The van der Waals surface area contributed by atoms with Crippen molar-refractivity contribution >= 4 is 11.8 Å². The van der Waals surface area contributed by atoms with Crippen LogP contribution in [0.1, 0.15) is 39.6 Å². The molecule has 1 aliphatic heterocycles. The molecule has 0 saturated carbocycles. The van der Waals surface area contributed by atoms with Crippen LogP contribution >= 0.6 is 0 Å². The quantitative estimate of drug-likeness (QED) is 0.846. The molecule has 134 valence electrons. The summed E-state index contributed by atoms with van der Waals surface area (Å²) in [6.07, 6.45) is -0.694. The molecular weight excluding hydrogens is 334 g/mol. The first-order chi connectivity index (χ1) is 12.0. The van der Waals surface area contributed by atoms with Crippen LogP contribution in [0.5, 0.6) is 0 Å². The summed E-state index contributed by atoms with van der Waals surface area (Å²) in [5, 5.41) is 3.67. The fraction of sp³-hybridized carbons (Fsp3) is 0.438. The monoisotopic (exact) mass is 352 g/mol. The zero-order valence-electron chi connectivity index (χ0n) is 13.7. The van der Waals surface area contributed by atoms with Crippen molar-refractivity contribution < 1.29 is 22.8 Å². The van der Waals surface area contributed by atoms with E-state index >= 15 is 0 Å². The molecule has 9 heteroatoms. The van der Waals surface area contributed by atoms with E-state index in [4.69, 9.17) is 4.42 Å². The minimum absolute atomic E-state index is 0.112. The Morgan fingerprint density at radius 1 is 1.16 bits per heavy atom. The van der Waals surface area contributed by atoms with E-state index in [1.807, 2.05) is 0 Å². The van der Waals surface area contributed by atoms with Crippen molar-refractivity contribution in [3.05, 3.63) is 41.6 Å². The van der Waals surface area contributed by atoms with Gasteiger partial charge in [0.15, 0.2) is 5.76 Å². The highest BCUT2D eigenvalue weighted by Gasteiger charge is 2.27. The van der Waals surface area contributed by atoms with Crippen molar-refractivity contribution in [1.29, 1.82) is 0 Å². The van der Waals surface area contributed by atoms with E-state index in [2.05, 4.69) is 5.10 Å². The van der Waals surface area contributed by atoms with Gasteiger partial charge in [-0.2, -0.15) is 5.10 Å². The van der Waals surface area contributed by atoms with E-state index in [-0.39, 0.29) is 23.3 Å². The van der Waals surface area contributed by atoms with Crippen LogP contribution in [0.15, 0.2) is 28.9 Å². The van der Waals surface area contributed by atoms with Gasteiger partial charge < -0.3 is 14.2 Å². The summed E-state index contributed by atoms with van der Waals surface area (Å²) >= 11 is 0. The van der Waals surface area contributed by atoms with Crippen LogP contribution in [0.25, 0.3) is 0 Å². The van der Waals surface area contributed by atoms with Gasteiger partial charge >= 0.3 is 0 Å². The Kier molecular flexibility index (Phi) is 4.82. The molecule has 2 amide bonds. The Bertz CT molecular complexity index is 758. The fourth-order valence-electron chi connectivity index (χ4n) is 2.84. The van der Waals surface area contributed by atoms with Gasteiger partial charge in [-0.05, 0) is 24.6 Å². The van der Waals surface area contributed by atoms with Gasteiger partial charge in [-0.25, -0.2) is 8.78 Å². The summed E-state index contributed by atoms with van der Waals surface area (Å²) in [5.41, 5.74) is -0.309. The number of halogens is 2. The Morgan fingerprint density at radius 2 is 1.84 bits per heavy atom. The number of aromatic nitrogens is 2. The zero-order valence-corrected chi connectivity index (χ0v) is 13.7. The number of aryl methyl sites for hydroxylation is 1. The van der Waals surface area contributed by atoms with Crippen LogP contribution in [0.3, 0.4) is 0 Å². The molecule has 0 radical (unpaired) electrons. The number of furan rings is 1. The van der Waals surface area contributed by atoms with E-state index in [0.29, 0.717) is 32.6 Å². The lowest BCUT2D eigenvalue weighted by Crippen LogP contribution is -2.37. The first kappa shape index (κ1) is 17.1. The van der Waals surface area contributed by atoms with Crippen LogP contribution < -0.4 is 0 Å². The predicted molar refractivity (Wildman–Crippen MR) is 83.3 cm³/mol. The number of hydrogen-bond acceptors (Lipinski definition) is 4. The fourth-order valence-corrected chi connectivity index (χ4v) is 2.84. The van der Waals surface area contributed by atoms with Gasteiger partial charge in [-0.3, -0.25) is 14.3 Å². The largest absolute Gasteiger partial charge is 0.459 e. The van der Waals surface area contributed by atoms with E-state index in [1.165, 1.54) is 18.0 Å². The second-order valence-corrected chi connectivity index (χ2v) is 5.79. The lowest BCUT2D eigenvalue weighted by atomic mass is 10.3. The Balaban J connectivity index is 1.68. The van der Waals surface area contributed by atoms with Crippen LogP contribution in [-0.4, -0.2) is 57.6 Å². The molecule has 3 heterocycles. The van der Waals surface area contributed by atoms with Crippen molar-refractivity contribution in [2.45, 2.75) is 12.8 Å². The average molecular weight is 352 g/mol. The Morgan fingerprint density at radius 3 is 2.40 bits per heavy atom. The van der Waals surface area contributed by atoms with E-state index in [9.17, 15) is 18.4 Å². The summed E-state index contributed by atoms with van der Waals surface area (Å²) in [7, 11) is 1.46. The Labute approximate surface area is 142 Å². The highest BCUT2D eigenvalue weighted by atomic mass is 19.3. The predicted octanol–water partition coefficient (Wildman–Crippen LogP) is 1.94. The highest BCUT2D eigenvalue weighted by molar-refractivity contribution is 5.93. The molecule has 0 spiro atoms. The smallest absolute Gasteiger partial charge is 0.289 e. The maximum atomic E-state index is 12.8. The number of nitrogens with zero attached hydrogens (tertiary/aromatic N) is 4. The van der Waals surface area contributed by atoms with Crippen molar-refractivity contribution in [2.75, 3.05) is 26.2 Å². The second-order valence-electron chi connectivity index (χ2n) is 5.79. The van der Waals surface area contributed by atoms with E-state index in [1.54, 1.807) is 21.9 Å². The number of rotatable bonds is 3. The number of amides is 2. The minimum atomic E-state index is -2.72. The van der Waals surface area contributed by atoms with E-state index in [0.717, 1.165) is 6.07 Å². The van der Waals surface area contributed by atoms with Crippen molar-refractivity contribution in [3.63, 3.8) is 0 Å². The molecular formula is C16H18F2N4O3. The van der Waals surface area contributed by atoms with Crippen molar-refractivity contribution in [2.24, 2.45) is 7.05 Å². The van der Waals surface area contributed by atoms with Gasteiger partial charge in [-0.1, -0.05) is 0 Å². The molecule has 0 unspecified atom stereocenters. The third-order valence-electron chi connectivity index (χ3n) is 4.14. The third-order valence-corrected chi connectivity index (χ3v) is 4.14. The van der Waals surface area contributed by atoms with Gasteiger partial charge in [0, 0.05) is 33.2 Å². The van der Waals surface area contributed by atoms with Gasteiger partial charge in [0.1, 0.15) is 11.4 Å². The molecule has 25 heavy (non-hydrogen) atoms. The first-order valence-electron chi connectivity index (χ1n) is 7.91. The van der Waals surface area contributed by atoms with Crippen molar-refractivity contribution in [3.8, 4) is 0 Å². The summed E-state index contributed by atoms with van der Waals surface area (Å²) in [6, 6.07) is 4.35. The van der Waals surface area contributed by atoms with E-state index < -0.39 is 12.1 Å². The third kappa shape index (κ3) is 3.54. The lowest BCUT2D eigenvalue weighted by Gasteiger charge is -2.21. The first-order valence-corrected chi connectivity index (χ1v) is 7.91.